The first-order valence-corrected chi connectivity index (χ1v) is 6.98. The standard InChI is InChI=1S/C15H22N2O/c1-16-15(12-5-6-17-9-14(12)18-2)13-8-10-3-4-11(13)7-10/h5-6,9-11,13,15-16H,3-4,7-8H2,1-2H3. The molecule has 2 saturated carbocycles. The van der Waals surface area contributed by atoms with Gasteiger partial charge in [0.2, 0.25) is 0 Å². The molecule has 1 aromatic heterocycles. The normalized spacial score (nSPS) is 31.6. The Kier molecular flexibility index (Phi) is 3.25. The molecule has 3 rings (SSSR count). The Balaban J connectivity index is 1.88. The highest BCUT2D eigenvalue weighted by Gasteiger charge is 2.43. The Morgan fingerprint density at radius 3 is 2.89 bits per heavy atom. The van der Waals surface area contributed by atoms with E-state index in [1.54, 1.807) is 7.11 Å². The smallest absolute Gasteiger partial charge is 0.141 e. The van der Waals surface area contributed by atoms with Crippen LogP contribution in [0.5, 0.6) is 5.75 Å². The van der Waals surface area contributed by atoms with Gasteiger partial charge in [0.1, 0.15) is 5.75 Å². The van der Waals surface area contributed by atoms with Crippen LogP contribution in [0.25, 0.3) is 0 Å². The maximum Gasteiger partial charge on any atom is 0.141 e. The van der Waals surface area contributed by atoms with Gasteiger partial charge >= 0.3 is 0 Å². The summed E-state index contributed by atoms with van der Waals surface area (Å²) in [6, 6.07) is 2.52. The molecule has 2 fully saturated rings. The monoisotopic (exact) mass is 246 g/mol. The maximum absolute atomic E-state index is 5.47. The second-order valence-corrected chi connectivity index (χ2v) is 5.72. The van der Waals surface area contributed by atoms with Crippen molar-refractivity contribution in [1.29, 1.82) is 0 Å². The van der Waals surface area contributed by atoms with Crippen LogP contribution in [-0.2, 0) is 0 Å². The molecule has 1 aromatic rings. The number of hydrogen-bond acceptors (Lipinski definition) is 3. The summed E-state index contributed by atoms with van der Waals surface area (Å²) >= 11 is 0. The van der Waals surface area contributed by atoms with Crippen molar-refractivity contribution < 1.29 is 4.74 Å². The summed E-state index contributed by atoms with van der Waals surface area (Å²) in [4.78, 5) is 4.15. The predicted octanol–water partition coefficient (Wildman–Crippen LogP) is 2.79. The van der Waals surface area contributed by atoms with Crippen LogP contribution in [0.3, 0.4) is 0 Å². The van der Waals surface area contributed by atoms with Gasteiger partial charge in [-0.1, -0.05) is 6.42 Å². The molecule has 0 amide bonds. The van der Waals surface area contributed by atoms with Gasteiger partial charge in [-0.15, -0.1) is 0 Å². The summed E-state index contributed by atoms with van der Waals surface area (Å²) in [7, 11) is 3.80. The van der Waals surface area contributed by atoms with Crippen LogP contribution in [-0.4, -0.2) is 19.1 Å². The van der Waals surface area contributed by atoms with E-state index in [4.69, 9.17) is 4.74 Å². The Hall–Kier alpha value is -1.09. The quantitative estimate of drug-likeness (QED) is 0.887. The summed E-state index contributed by atoms with van der Waals surface area (Å²) in [5.74, 6) is 3.57. The van der Waals surface area contributed by atoms with Crippen LogP contribution in [0.15, 0.2) is 18.5 Å². The molecule has 0 aromatic carbocycles. The SMILES string of the molecule is CNC(c1ccncc1OC)C1CC2CCC1C2. The van der Waals surface area contributed by atoms with Crippen molar-refractivity contribution in [3.8, 4) is 5.75 Å². The van der Waals surface area contributed by atoms with Gasteiger partial charge in [0.05, 0.1) is 13.3 Å². The molecular weight excluding hydrogens is 224 g/mol. The van der Waals surface area contributed by atoms with Crippen LogP contribution in [0, 0.1) is 17.8 Å². The van der Waals surface area contributed by atoms with E-state index in [0.717, 1.165) is 23.5 Å². The number of nitrogens with zero attached hydrogens (tertiary/aromatic N) is 1. The Morgan fingerprint density at radius 1 is 1.39 bits per heavy atom. The van der Waals surface area contributed by atoms with Crippen molar-refractivity contribution in [2.75, 3.05) is 14.2 Å². The highest BCUT2D eigenvalue weighted by Crippen LogP contribution is 2.53. The Morgan fingerprint density at radius 2 is 2.28 bits per heavy atom. The average Bonchev–Trinajstić information content (AvgIpc) is 3.03. The fourth-order valence-electron chi connectivity index (χ4n) is 4.12. The second kappa shape index (κ2) is 4.88. The molecule has 18 heavy (non-hydrogen) atoms. The van der Waals surface area contributed by atoms with E-state index in [1.807, 2.05) is 12.4 Å². The molecule has 0 radical (unpaired) electrons. The average molecular weight is 246 g/mol. The third-order valence-corrected chi connectivity index (χ3v) is 4.90. The number of methoxy groups -OCH3 is 1. The summed E-state index contributed by atoms with van der Waals surface area (Å²) in [5.41, 5.74) is 1.27. The van der Waals surface area contributed by atoms with Gasteiger partial charge in [-0.05, 0) is 50.1 Å². The van der Waals surface area contributed by atoms with E-state index >= 15 is 0 Å². The van der Waals surface area contributed by atoms with Crippen LogP contribution in [0.1, 0.15) is 37.3 Å². The number of ether oxygens (including phenoxy) is 1. The first kappa shape index (κ1) is 12.0. The van der Waals surface area contributed by atoms with Crippen LogP contribution in [0.4, 0.5) is 0 Å². The lowest BCUT2D eigenvalue weighted by Gasteiger charge is -2.31. The second-order valence-electron chi connectivity index (χ2n) is 5.72. The maximum atomic E-state index is 5.47. The number of hydrogen-bond donors (Lipinski definition) is 1. The number of aromatic nitrogens is 1. The highest BCUT2D eigenvalue weighted by atomic mass is 16.5. The van der Waals surface area contributed by atoms with E-state index in [1.165, 1.54) is 31.2 Å². The molecule has 4 atom stereocenters. The van der Waals surface area contributed by atoms with E-state index in [-0.39, 0.29) is 0 Å². The minimum atomic E-state index is 0.415. The Bertz CT molecular complexity index is 421. The first-order valence-electron chi connectivity index (χ1n) is 6.98. The predicted molar refractivity (Wildman–Crippen MR) is 71.5 cm³/mol. The van der Waals surface area contributed by atoms with Gasteiger partial charge in [-0.2, -0.15) is 0 Å². The number of nitrogens with one attached hydrogen (secondary N) is 1. The lowest BCUT2D eigenvalue weighted by molar-refractivity contribution is 0.254. The molecule has 2 aliphatic rings. The van der Waals surface area contributed by atoms with Crippen LogP contribution < -0.4 is 10.1 Å². The highest BCUT2D eigenvalue weighted by molar-refractivity contribution is 5.33. The van der Waals surface area contributed by atoms with Gasteiger partial charge in [0.25, 0.3) is 0 Å². The van der Waals surface area contributed by atoms with Crippen LogP contribution >= 0.6 is 0 Å². The number of fused-ring (bicyclic) bond motifs is 2. The largest absolute Gasteiger partial charge is 0.495 e. The summed E-state index contributed by atoms with van der Waals surface area (Å²) in [6.07, 6.45) is 9.38. The van der Waals surface area contributed by atoms with Crippen LogP contribution in [0.2, 0.25) is 0 Å². The fourth-order valence-corrected chi connectivity index (χ4v) is 4.12. The van der Waals surface area contributed by atoms with Crippen molar-refractivity contribution in [3.05, 3.63) is 24.0 Å². The lowest BCUT2D eigenvalue weighted by atomic mass is 9.80. The third-order valence-electron chi connectivity index (χ3n) is 4.90. The molecule has 4 unspecified atom stereocenters. The molecule has 1 N–H and O–H groups in total. The topological polar surface area (TPSA) is 34.2 Å². The molecule has 0 spiro atoms. The molecule has 1 heterocycles. The minimum Gasteiger partial charge on any atom is -0.495 e. The van der Waals surface area contributed by atoms with Gasteiger partial charge in [0, 0.05) is 17.8 Å². The van der Waals surface area contributed by atoms with Crippen molar-refractivity contribution in [2.45, 2.75) is 31.7 Å². The van der Waals surface area contributed by atoms with Gasteiger partial charge in [0.15, 0.2) is 0 Å². The van der Waals surface area contributed by atoms with Crippen molar-refractivity contribution in [3.63, 3.8) is 0 Å². The molecule has 3 nitrogen and oxygen atoms in total. The summed E-state index contributed by atoms with van der Waals surface area (Å²) < 4.78 is 5.47. The number of pyridine rings is 1. The lowest BCUT2D eigenvalue weighted by Crippen LogP contribution is -2.29. The zero-order valence-electron chi connectivity index (χ0n) is 11.2. The Labute approximate surface area is 109 Å². The van der Waals surface area contributed by atoms with E-state index in [2.05, 4.69) is 23.4 Å². The molecule has 0 saturated heterocycles. The molecule has 3 heteroatoms. The zero-order chi connectivity index (χ0) is 12.5. The van der Waals surface area contributed by atoms with Crippen molar-refractivity contribution in [2.24, 2.45) is 17.8 Å². The minimum absolute atomic E-state index is 0.415. The molecule has 0 aliphatic heterocycles. The summed E-state index contributed by atoms with van der Waals surface area (Å²) in [6.45, 7) is 0. The third kappa shape index (κ3) is 1.91. The van der Waals surface area contributed by atoms with Crippen molar-refractivity contribution in [1.82, 2.24) is 10.3 Å². The van der Waals surface area contributed by atoms with Crippen molar-refractivity contribution >= 4 is 0 Å². The fraction of sp³-hybridized carbons (Fsp3) is 0.667. The van der Waals surface area contributed by atoms with E-state index < -0.39 is 0 Å². The van der Waals surface area contributed by atoms with Gasteiger partial charge in [-0.3, -0.25) is 4.98 Å². The molecule has 2 aliphatic carbocycles. The first-order chi connectivity index (χ1) is 8.83. The van der Waals surface area contributed by atoms with E-state index in [9.17, 15) is 0 Å². The summed E-state index contributed by atoms with van der Waals surface area (Å²) in [5, 5.41) is 3.51. The van der Waals surface area contributed by atoms with Gasteiger partial charge < -0.3 is 10.1 Å². The number of rotatable bonds is 4. The van der Waals surface area contributed by atoms with E-state index in [0.29, 0.717) is 6.04 Å². The molecule has 98 valence electrons. The molecular formula is C15H22N2O. The molecule has 2 bridgehead atoms. The zero-order valence-corrected chi connectivity index (χ0v) is 11.2. The van der Waals surface area contributed by atoms with Gasteiger partial charge in [-0.25, -0.2) is 0 Å².